The van der Waals surface area contributed by atoms with Crippen LogP contribution in [0.5, 0.6) is 0 Å². The fraction of sp³-hybridized carbons (Fsp3) is 0.455. The third-order valence-corrected chi connectivity index (χ3v) is 3.16. The molecule has 18 heavy (non-hydrogen) atoms. The van der Waals surface area contributed by atoms with Gasteiger partial charge in [0.1, 0.15) is 5.69 Å². The molecule has 102 valence electrons. The van der Waals surface area contributed by atoms with E-state index in [2.05, 4.69) is 20.9 Å². The van der Waals surface area contributed by atoms with E-state index in [1.807, 2.05) is 6.07 Å². The van der Waals surface area contributed by atoms with E-state index in [4.69, 9.17) is 5.73 Å². The lowest BCUT2D eigenvalue weighted by Gasteiger charge is -2.30. The molecule has 0 bridgehead atoms. The molecule has 0 spiro atoms. The molecule has 2 rings (SSSR count). The lowest BCUT2D eigenvalue weighted by molar-refractivity contribution is 0.0703. The molecule has 1 aromatic heterocycles. The number of nitrogens with zero attached hydrogens (tertiary/aromatic N) is 2. The van der Waals surface area contributed by atoms with Crippen LogP contribution in [-0.2, 0) is 0 Å². The summed E-state index contributed by atoms with van der Waals surface area (Å²) in [6, 6.07) is 3.66. The Morgan fingerprint density at radius 1 is 1.44 bits per heavy atom. The van der Waals surface area contributed by atoms with E-state index >= 15 is 0 Å². The van der Waals surface area contributed by atoms with Gasteiger partial charge in [0.05, 0.1) is 0 Å². The van der Waals surface area contributed by atoms with Gasteiger partial charge < -0.3 is 10.6 Å². The number of hydrogen-bond donors (Lipinski definition) is 1. The highest BCUT2D eigenvalue weighted by atomic mass is 79.9. The highest BCUT2D eigenvalue weighted by Gasteiger charge is 2.22. The number of carbonyl (C=O) groups is 1. The topological polar surface area (TPSA) is 59.2 Å². The predicted molar refractivity (Wildman–Crippen MR) is 79.5 cm³/mol. The summed E-state index contributed by atoms with van der Waals surface area (Å²) in [5.74, 6) is -0.0253. The monoisotopic (exact) mass is 355 g/mol. The van der Waals surface area contributed by atoms with Gasteiger partial charge in [0.25, 0.3) is 5.91 Å². The summed E-state index contributed by atoms with van der Waals surface area (Å²) in [4.78, 5) is 17.9. The van der Waals surface area contributed by atoms with Crippen molar-refractivity contribution in [1.29, 1.82) is 0 Å². The van der Waals surface area contributed by atoms with Crippen molar-refractivity contribution < 1.29 is 4.79 Å². The molecule has 0 aliphatic carbocycles. The minimum absolute atomic E-state index is 0. The zero-order valence-electron chi connectivity index (χ0n) is 9.71. The second kappa shape index (κ2) is 7.94. The molecule has 1 fully saturated rings. The number of carbonyl (C=O) groups excluding carboxylic acids is 1. The van der Waals surface area contributed by atoms with Crippen LogP contribution >= 0.6 is 40.7 Å². The normalized spacial score (nSPS) is 18.6. The molecule has 4 nitrogen and oxygen atoms in total. The summed E-state index contributed by atoms with van der Waals surface area (Å²) in [6.07, 6.45) is 3.61. The molecule has 1 aliphatic heterocycles. The lowest BCUT2D eigenvalue weighted by atomic mass is 10.1. The van der Waals surface area contributed by atoms with Gasteiger partial charge >= 0.3 is 0 Å². The second-order valence-corrected chi connectivity index (χ2v) is 4.93. The van der Waals surface area contributed by atoms with Crippen LogP contribution in [0.2, 0.25) is 0 Å². The molecule has 2 N–H and O–H groups in total. The van der Waals surface area contributed by atoms with Gasteiger partial charge in [-0.3, -0.25) is 4.79 Å². The number of hydrogen-bond acceptors (Lipinski definition) is 3. The van der Waals surface area contributed by atoms with E-state index in [1.165, 1.54) is 0 Å². The largest absolute Gasteiger partial charge is 0.336 e. The van der Waals surface area contributed by atoms with E-state index < -0.39 is 0 Å². The van der Waals surface area contributed by atoms with Crippen LogP contribution in [0.15, 0.2) is 22.8 Å². The predicted octanol–water partition coefficient (Wildman–Crippen LogP) is 2.25. The first-order chi connectivity index (χ1) is 7.66. The van der Waals surface area contributed by atoms with Crippen LogP contribution in [0.4, 0.5) is 0 Å². The summed E-state index contributed by atoms with van der Waals surface area (Å²) in [5, 5.41) is 0. The Hall–Kier alpha value is -0.360. The van der Waals surface area contributed by atoms with Crippen molar-refractivity contribution in [1.82, 2.24) is 9.88 Å². The summed E-state index contributed by atoms with van der Waals surface area (Å²) in [5.41, 5.74) is 6.33. The zero-order chi connectivity index (χ0) is 11.5. The van der Waals surface area contributed by atoms with Gasteiger partial charge in [-0.2, -0.15) is 0 Å². The number of rotatable bonds is 1. The molecule has 0 radical (unpaired) electrons. The van der Waals surface area contributed by atoms with Crippen molar-refractivity contribution >= 4 is 46.7 Å². The molecule has 2 heterocycles. The maximum atomic E-state index is 12.0. The van der Waals surface area contributed by atoms with Gasteiger partial charge in [-0.15, -0.1) is 24.8 Å². The smallest absolute Gasteiger partial charge is 0.272 e. The van der Waals surface area contributed by atoms with Gasteiger partial charge in [0.15, 0.2) is 0 Å². The third kappa shape index (κ3) is 4.39. The third-order valence-electron chi connectivity index (χ3n) is 2.69. The van der Waals surface area contributed by atoms with Crippen LogP contribution in [0, 0.1) is 0 Å². The van der Waals surface area contributed by atoms with Crippen LogP contribution in [-0.4, -0.2) is 34.9 Å². The van der Waals surface area contributed by atoms with Crippen molar-refractivity contribution in [3.8, 4) is 0 Å². The highest BCUT2D eigenvalue weighted by molar-refractivity contribution is 9.10. The number of nitrogens with two attached hydrogens (primary N) is 1. The van der Waals surface area contributed by atoms with Crippen molar-refractivity contribution in [3.63, 3.8) is 0 Å². The summed E-state index contributed by atoms with van der Waals surface area (Å²) in [7, 11) is 0. The minimum Gasteiger partial charge on any atom is -0.336 e. The fourth-order valence-electron chi connectivity index (χ4n) is 1.86. The Kier molecular flexibility index (Phi) is 7.78. The average molecular weight is 357 g/mol. The fourth-order valence-corrected chi connectivity index (χ4v) is 2.09. The molecule has 7 heteroatoms. The van der Waals surface area contributed by atoms with Gasteiger partial charge in [-0.25, -0.2) is 4.98 Å². The van der Waals surface area contributed by atoms with Gasteiger partial charge in [-0.05, 0) is 40.9 Å². The maximum absolute atomic E-state index is 12.0. The second-order valence-electron chi connectivity index (χ2n) is 4.02. The number of likely N-dealkylation sites (tertiary alicyclic amines) is 1. The molecular weight excluding hydrogens is 341 g/mol. The standard InChI is InChI=1S/C11H14BrN3O.2ClH/c12-8-3-4-10(14-6-8)11(16)15-5-1-2-9(13)7-15;;/h3-4,6,9H,1-2,5,7,13H2;2*1H. The Balaban J connectivity index is 0.00000144. The zero-order valence-corrected chi connectivity index (χ0v) is 12.9. The molecule has 1 amide bonds. The van der Waals surface area contributed by atoms with Gasteiger partial charge in [0, 0.05) is 29.8 Å². The van der Waals surface area contributed by atoms with Crippen molar-refractivity contribution in [3.05, 3.63) is 28.5 Å². The number of halogens is 3. The van der Waals surface area contributed by atoms with Crippen LogP contribution in [0.3, 0.4) is 0 Å². The Bertz CT molecular complexity index is 388. The SMILES string of the molecule is Cl.Cl.NC1CCCN(C(=O)c2ccc(Br)cn2)C1. The van der Waals surface area contributed by atoms with Gasteiger partial charge in [-0.1, -0.05) is 0 Å². The van der Waals surface area contributed by atoms with E-state index in [9.17, 15) is 4.79 Å². The molecule has 1 aromatic rings. The number of pyridine rings is 1. The first-order valence-electron chi connectivity index (χ1n) is 5.33. The molecule has 0 aromatic carbocycles. The number of amides is 1. The van der Waals surface area contributed by atoms with Crippen molar-refractivity contribution in [2.75, 3.05) is 13.1 Å². The summed E-state index contributed by atoms with van der Waals surface area (Å²) in [6.45, 7) is 1.42. The molecule has 0 saturated carbocycles. The van der Waals surface area contributed by atoms with Crippen molar-refractivity contribution in [2.45, 2.75) is 18.9 Å². The molecular formula is C11H16BrCl2N3O. The van der Waals surface area contributed by atoms with E-state index in [1.54, 1.807) is 17.2 Å². The quantitative estimate of drug-likeness (QED) is 0.839. The molecule has 1 aliphatic rings. The van der Waals surface area contributed by atoms with E-state index in [0.29, 0.717) is 12.2 Å². The lowest BCUT2D eigenvalue weighted by Crippen LogP contribution is -2.45. The number of piperidine rings is 1. The van der Waals surface area contributed by atoms with E-state index in [-0.39, 0.29) is 36.8 Å². The van der Waals surface area contributed by atoms with E-state index in [0.717, 1.165) is 23.9 Å². The van der Waals surface area contributed by atoms with Gasteiger partial charge in [0.2, 0.25) is 0 Å². The summed E-state index contributed by atoms with van der Waals surface area (Å²) >= 11 is 3.29. The first kappa shape index (κ1) is 17.6. The maximum Gasteiger partial charge on any atom is 0.272 e. The average Bonchev–Trinajstić information content (AvgIpc) is 2.29. The first-order valence-corrected chi connectivity index (χ1v) is 6.12. The Morgan fingerprint density at radius 3 is 2.72 bits per heavy atom. The molecule has 1 unspecified atom stereocenters. The van der Waals surface area contributed by atoms with Crippen LogP contribution < -0.4 is 5.73 Å². The van der Waals surface area contributed by atoms with Crippen LogP contribution in [0.25, 0.3) is 0 Å². The van der Waals surface area contributed by atoms with Crippen LogP contribution in [0.1, 0.15) is 23.3 Å². The highest BCUT2D eigenvalue weighted by Crippen LogP contribution is 2.13. The Morgan fingerprint density at radius 2 is 2.17 bits per heavy atom. The minimum atomic E-state index is -0.0253. The Labute approximate surface area is 127 Å². The summed E-state index contributed by atoms with van der Waals surface area (Å²) < 4.78 is 0.874. The van der Waals surface area contributed by atoms with Crippen molar-refractivity contribution in [2.24, 2.45) is 5.73 Å². The molecule has 1 atom stereocenters. The molecule has 1 saturated heterocycles. The number of aromatic nitrogens is 1.